The first-order chi connectivity index (χ1) is 13.0. The molecule has 1 aromatic heterocycles. The molecular weight excluding hydrogens is 384 g/mol. The number of fused-ring (bicyclic) bond motifs is 1. The Morgan fingerprint density at radius 3 is 2.67 bits per heavy atom. The molecule has 2 heterocycles. The highest BCUT2D eigenvalue weighted by atomic mass is 32.2. The summed E-state index contributed by atoms with van der Waals surface area (Å²) in [6, 6.07) is 16.2. The molecule has 0 bridgehead atoms. The van der Waals surface area contributed by atoms with Crippen molar-refractivity contribution in [3.05, 3.63) is 65.5 Å². The minimum Gasteiger partial charge on any atom is -0.300 e. The van der Waals surface area contributed by atoms with E-state index in [2.05, 4.69) is 20.0 Å². The van der Waals surface area contributed by atoms with Crippen LogP contribution in [0.5, 0.6) is 0 Å². The van der Waals surface area contributed by atoms with Gasteiger partial charge in [-0.3, -0.25) is 14.5 Å². The highest BCUT2D eigenvalue weighted by Gasteiger charge is 2.30. The number of carbonyl (C=O) groups is 1. The maximum Gasteiger partial charge on any atom is 0.263 e. The van der Waals surface area contributed by atoms with E-state index < -0.39 is 10.0 Å². The number of rotatable bonds is 4. The largest absolute Gasteiger partial charge is 0.300 e. The van der Waals surface area contributed by atoms with Gasteiger partial charge in [-0.1, -0.05) is 42.5 Å². The van der Waals surface area contributed by atoms with Crippen LogP contribution in [0.1, 0.15) is 5.56 Å². The molecule has 0 unspecified atom stereocenters. The first-order valence-corrected chi connectivity index (χ1v) is 10.4. The molecule has 0 atom stereocenters. The van der Waals surface area contributed by atoms with Crippen LogP contribution in [0.15, 0.2) is 69.9 Å². The summed E-state index contributed by atoms with van der Waals surface area (Å²) in [4.78, 5) is 20.8. The average Bonchev–Trinajstić information content (AvgIpc) is 3.24. The van der Waals surface area contributed by atoms with Crippen molar-refractivity contribution in [1.29, 1.82) is 0 Å². The average molecular weight is 398 g/mol. The lowest BCUT2D eigenvalue weighted by atomic mass is 10.2. The Hall–Kier alpha value is -3.04. The molecule has 7 nitrogen and oxygen atoms in total. The van der Waals surface area contributed by atoms with E-state index in [1.165, 1.54) is 17.4 Å². The van der Waals surface area contributed by atoms with E-state index in [1.807, 2.05) is 35.7 Å². The third-order valence-corrected chi connectivity index (χ3v) is 6.02. The zero-order valence-electron chi connectivity index (χ0n) is 13.9. The van der Waals surface area contributed by atoms with Gasteiger partial charge < -0.3 is 5.32 Å². The second-order valence-corrected chi connectivity index (χ2v) is 8.23. The third kappa shape index (κ3) is 3.60. The zero-order chi connectivity index (χ0) is 18.9. The molecule has 1 aliphatic heterocycles. The number of aromatic nitrogens is 1. The first-order valence-electron chi connectivity index (χ1n) is 8.00. The summed E-state index contributed by atoms with van der Waals surface area (Å²) in [6.07, 6.45) is 0. The SMILES string of the molecule is O=C(CN=C1NS(=O)(=O)c2ccccc21)Nc1nc(-c2ccccc2)cs1. The number of nitrogens with one attached hydrogen (secondary N) is 2. The van der Waals surface area contributed by atoms with Crippen molar-refractivity contribution in [3.8, 4) is 11.3 Å². The minimum atomic E-state index is -3.61. The number of amidine groups is 1. The van der Waals surface area contributed by atoms with Crippen LogP contribution in [0, 0.1) is 0 Å². The predicted molar refractivity (Wildman–Crippen MR) is 104 cm³/mol. The predicted octanol–water partition coefficient (Wildman–Crippen LogP) is 2.49. The second-order valence-electron chi connectivity index (χ2n) is 5.72. The fraction of sp³-hybridized carbons (Fsp3) is 0.0556. The fourth-order valence-electron chi connectivity index (χ4n) is 2.63. The van der Waals surface area contributed by atoms with Crippen molar-refractivity contribution in [1.82, 2.24) is 9.71 Å². The Labute approximate surface area is 159 Å². The number of amides is 1. The minimum absolute atomic E-state index is 0.164. The maximum absolute atomic E-state index is 12.2. The Balaban J connectivity index is 1.45. The summed E-state index contributed by atoms with van der Waals surface area (Å²) in [5.74, 6) is -0.204. The van der Waals surface area contributed by atoms with Crippen LogP contribution in [-0.4, -0.2) is 31.7 Å². The zero-order valence-corrected chi connectivity index (χ0v) is 15.5. The Kier molecular flexibility index (Phi) is 4.46. The molecule has 1 aliphatic rings. The number of benzene rings is 2. The lowest BCUT2D eigenvalue weighted by Gasteiger charge is -2.01. The van der Waals surface area contributed by atoms with Gasteiger partial charge in [0.15, 0.2) is 5.13 Å². The van der Waals surface area contributed by atoms with Crippen LogP contribution in [0.25, 0.3) is 11.3 Å². The van der Waals surface area contributed by atoms with E-state index in [9.17, 15) is 13.2 Å². The number of hydrogen-bond acceptors (Lipinski definition) is 6. The van der Waals surface area contributed by atoms with E-state index in [0.717, 1.165) is 11.3 Å². The molecule has 136 valence electrons. The Morgan fingerprint density at radius 1 is 1.11 bits per heavy atom. The first kappa shape index (κ1) is 17.4. The van der Waals surface area contributed by atoms with Gasteiger partial charge in [-0.25, -0.2) is 13.4 Å². The van der Waals surface area contributed by atoms with Gasteiger partial charge in [0.1, 0.15) is 12.4 Å². The molecule has 0 radical (unpaired) electrons. The van der Waals surface area contributed by atoms with E-state index >= 15 is 0 Å². The second kappa shape index (κ2) is 6.93. The smallest absolute Gasteiger partial charge is 0.263 e. The molecular formula is C18H14N4O3S2. The standard InChI is InChI=1S/C18H14N4O3S2/c23-16(21-18-20-14(11-26-18)12-6-2-1-3-7-12)10-19-17-13-8-4-5-9-15(13)27(24,25)22-17/h1-9,11H,10H2,(H,19,22)(H,20,21,23). The van der Waals surface area contributed by atoms with Crippen LogP contribution >= 0.6 is 11.3 Å². The van der Waals surface area contributed by atoms with Gasteiger partial charge in [-0.2, -0.15) is 0 Å². The van der Waals surface area contributed by atoms with Crippen LogP contribution in [0.3, 0.4) is 0 Å². The molecule has 2 N–H and O–H groups in total. The third-order valence-electron chi connectivity index (χ3n) is 3.86. The molecule has 1 amide bonds. The Bertz CT molecular complexity index is 1140. The van der Waals surface area contributed by atoms with Crippen LogP contribution < -0.4 is 10.0 Å². The van der Waals surface area contributed by atoms with Gasteiger partial charge in [0.2, 0.25) is 5.91 Å². The number of hydrogen-bond donors (Lipinski definition) is 2. The summed E-state index contributed by atoms with van der Waals surface area (Å²) in [6.45, 7) is -0.216. The molecule has 0 spiro atoms. The summed E-state index contributed by atoms with van der Waals surface area (Å²) >= 11 is 1.32. The Morgan fingerprint density at radius 2 is 1.85 bits per heavy atom. The number of aliphatic imine (C=N–C) groups is 1. The summed E-state index contributed by atoms with van der Waals surface area (Å²) < 4.78 is 26.4. The highest BCUT2D eigenvalue weighted by molar-refractivity contribution is 7.90. The van der Waals surface area contributed by atoms with E-state index in [-0.39, 0.29) is 23.2 Å². The van der Waals surface area contributed by atoms with Crippen molar-refractivity contribution < 1.29 is 13.2 Å². The lowest BCUT2D eigenvalue weighted by molar-refractivity contribution is -0.114. The van der Waals surface area contributed by atoms with Gasteiger partial charge in [0.25, 0.3) is 10.0 Å². The topological polar surface area (TPSA) is 101 Å². The van der Waals surface area contributed by atoms with Crippen molar-refractivity contribution in [3.63, 3.8) is 0 Å². The van der Waals surface area contributed by atoms with Crippen molar-refractivity contribution >= 4 is 38.2 Å². The molecule has 4 rings (SSSR count). The summed E-state index contributed by atoms with van der Waals surface area (Å²) in [5.41, 5.74) is 2.21. The number of nitrogens with zero attached hydrogens (tertiary/aromatic N) is 2. The van der Waals surface area contributed by atoms with Crippen molar-refractivity contribution in [2.75, 3.05) is 11.9 Å². The fourth-order valence-corrected chi connectivity index (χ4v) is 4.62. The van der Waals surface area contributed by atoms with Crippen molar-refractivity contribution in [2.45, 2.75) is 4.90 Å². The number of thiazole rings is 1. The van der Waals surface area contributed by atoms with Gasteiger partial charge >= 0.3 is 0 Å². The molecule has 2 aromatic carbocycles. The van der Waals surface area contributed by atoms with Gasteiger partial charge in [0, 0.05) is 16.5 Å². The number of carbonyl (C=O) groups excluding carboxylic acids is 1. The molecule has 3 aromatic rings. The van der Waals surface area contributed by atoms with E-state index in [4.69, 9.17) is 0 Å². The van der Waals surface area contributed by atoms with Crippen LogP contribution in [0.2, 0.25) is 0 Å². The number of anilines is 1. The van der Waals surface area contributed by atoms with Crippen LogP contribution in [0.4, 0.5) is 5.13 Å². The molecule has 0 aliphatic carbocycles. The summed E-state index contributed by atoms with van der Waals surface area (Å²) in [5, 5.41) is 5.01. The summed E-state index contributed by atoms with van der Waals surface area (Å²) in [7, 11) is -3.61. The van der Waals surface area contributed by atoms with E-state index in [1.54, 1.807) is 18.2 Å². The molecule has 0 saturated carbocycles. The van der Waals surface area contributed by atoms with Gasteiger partial charge in [-0.15, -0.1) is 11.3 Å². The van der Waals surface area contributed by atoms with Crippen molar-refractivity contribution in [2.24, 2.45) is 4.99 Å². The van der Waals surface area contributed by atoms with Crippen LogP contribution in [-0.2, 0) is 14.8 Å². The number of sulfonamides is 1. The molecule has 27 heavy (non-hydrogen) atoms. The molecule has 0 fully saturated rings. The van der Waals surface area contributed by atoms with Gasteiger partial charge in [-0.05, 0) is 12.1 Å². The highest BCUT2D eigenvalue weighted by Crippen LogP contribution is 2.25. The quantitative estimate of drug-likeness (QED) is 0.705. The monoisotopic (exact) mass is 398 g/mol. The normalized spacial score (nSPS) is 15.9. The maximum atomic E-state index is 12.2. The lowest BCUT2D eigenvalue weighted by Crippen LogP contribution is -2.24. The molecule has 0 saturated heterocycles. The van der Waals surface area contributed by atoms with E-state index in [0.29, 0.717) is 10.7 Å². The van der Waals surface area contributed by atoms with Gasteiger partial charge in [0.05, 0.1) is 10.6 Å². The molecule has 9 heteroatoms.